The molecule has 0 aromatic heterocycles. The third kappa shape index (κ3) is 3.62. The van der Waals surface area contributed by atoms with Crippen molar-refractivity contribution in [2.75, 3.05) is 20.1 Å². The predicted molar refractivity (Wildman–Crippen MR) is 61.2 cm³/mol. The van der Waals surface area contributed by atoms with Crippen molar-refractivity contribution in [2.24, 2.45) is 0 Å². The smallest absolute Gasteiger partial charge is 0.0192 e. The molecule has 2 fully saturated rings. The quantitative estimate of drug-likeness (QED) is 0.772. The third-order valence-electron chi connectivity index (χ3n) is 2.92. The molecule has 4 heteroatoms. The highest BCUT2D eigenvalue weighted by Gasteiger charge is 2.31. The summed E-state index contributed by atoms with van der Waals surface area (Å²) in [5.41, 5.74) is 0. The van der Waals surface area contributed by atoms with Gasteiger partial charge in [0.1, 0.15) is 0 Å². The number of piperidine rings is 1. The van der Waals surface area contributed by atoms with Crippen molar-refractivity contribution in [2.45, 2.75) is 37.8 Å². The highest BCUT2D eigenvalue weighted by molar-refractivity contribution is 5.85. The highest BCUT2D eigenvalue weighted by atomic mass is 35.5. The standard InChI is InChI=1S/C9H18N2.2ClH/c1-10-8-3-2-6-11(7-8)9-4-5-9;;/h8-10H,2-7H2,1H3;2*1H. The normalized spacial score (nSPS) is 28.8. The summed E-state index contributed by atoms with van der Waals surface area (Å²) in [5.74, 6) is 0. The molecular formula is C9H20Cl2N2. The van der Waals surface area contributed by atoms with Crippen molar-refractivity contribution in [3.8, 4) is 0 Å². The Kier molecular flexibility index (Phi) is 6.31. The van der Waals surface area contributed by atoms with Crippen LogP contribution in [0.3, 0.4) is 0 Å². The number of hydrogen-bond acceptors (Lipinski definition) is 2. The van der Waals surface area contributed by atoms with Gasteiger partial charge in [0.2, 0.25) is 0 Å². The van der Waals surface area contributed by atoms with E-state index in [0.29, 0.717) is 0 Å². The van der Waals surface area contributed by atoms with Crippen LogP contribution in [0.4, 0.5) is 0 Å². The predicted octanol–water partition coefficient (Wildman–Crippen LogP) is 1.68. The van der Waals surface area contributed by atoms with E-state index in [4.69, 9.17) is 0 Å². The van der Waals surface area contributed by atoms with Crippen LogP contribution in [0.2, 0.25) is 0 Å². The van der Waals surface area contributed by atoms with Crippen molar-refractivity contribution < 1.29 is 0 Å². The lowest BCUT2D eigenvalue weighted by Gasteiger charge is -2.32. The van der Waals surface area contributed by atoms with E-state index >= 15 is 0 Å². The first-order valence-electron chi connectivity index (χ1n) is 4.81. The Bertz CT molecular complexity index is 140. The average Bonchev–Trinajstić information content (AvgIpc) is 2.87. The molecule has 1 saturated heterocycles. The van der Waals surface area contributed by atoms with Crippen molar-refractivity contribution >= 4 is 24.8 Å². The largest absolute Gasteiger partial charge is 0.316 e. The second-order valence-electron chi connectivity index (χ2n) is 3.85. The number of likely N-dealkylation sites (N-methyl/N-ethyl adjacent to an activating group) is 1. The van der Waals surface area contributed by atoms with E-state index < -0.39 is 0 Å². The number of rotatable bonds is 2. The second kappa shape index (κ2) is 6.07. The van der Waals surface area contributed by atoms with Crippen LogP contribution in [0.25, 0.3) is 0 Å². The molecular weight excluding hydrogens is 207 g/mol. The van der Waals surface area contributed by atoms with Crippen LogP contribution < -0.4 is 5.32 Å². The minimum Gasteiger partial charge on any atom is -0.316 e. The van der Waals surface area contributed by atoms with Crippen LogP contribution in [0, 0.1) is 0 Å². The van der Waals surface area contributed by atoms with Gasteiger partial charge in [-0.3, -0.25) is 4.90 Å². The lowest BCUT2D eigenvalue weighted by molar-refractivity contribution is 0.187. The Morgan fingerprint density at radius 2 is 1.85 bits per heavy atom. The summed E-state index contributed by atoms with van der Waals surface area (Å²) in [6.45, 7) is 2.64. The zero-order valence-corrected chi connectivity index (χ0v) is 9.79. The molecule has 0 aromatic rings. The minimum absolute atomic E-state index is 0. The van der Waals surface area contributed by atoms with Crippen LogP contribution in [0.5, 0.6) is 0 Å². The van der Waals surface area contributed by atoms with Gasteiger partial charge in [-0.2, -0.15) is 0 Å². The Balaban J connectivity index is 0.000000720. The van der Waals surface area contributed by atoms with Gasteiger partial charge >= 0.3 is 0 Å². The monoisotopic (exact) mass is 226 g/mol. The van der Waals surface area contributed by atoms with E-state index in [1.54, 1.807) is 0 Å². The van der Waals surface area contributed by atoms with E-state index in [0.717, 1.165) is 12.1 Å². The fraction of sp³-hybridized carbons (Fsp3) is 1.00. The molecule has 0 bridgehead atoms. The summed E-state index contributed by atoms with van der Waals surface area (Å²) in [4.78, 5) is 2.66. The molecule has 0 amide bonds. The molecule has 13 heavy (non-hydrogen) atoms. The SMILES string of the molecule is CNC1CCCN(C2CC2)C1.Cl.Cl. The van der Waals surface area contributed by atoms with Crippen LogP contribution >= 0.6 is 24.8 Å². The fourth-order valence-electron chi connectivity index (χ4n) is 2.01. The Labute approximate surface area is 93.3 Å². The molecule has 1 heterocycles. The van der Waals surface area contributed by atoms with Gasteiger partial charge in [0.15, 0.2) is 0 Å². The Morgan fingerprint density at radius 3 is 2.38 bits per heavy atom. The number of halogens is 2. The lowest BCUT2D eigenvalue weighted by atomic mass is 10.1. The van der Waals surface area contributed by atoms with Crippen LogP contribution in [0.15, 0.2) is 0 Å². The van der Waals surface area contributed by atoms with Gasteiger partial charge in [0.05, 0.1) is 0 Å². The first-order valence-corrected chi connectivity index (χ1v) is 4.81. The van der Waals surface area contributed by atoms with Gasteiger partial charge in [-0.25, -0.2) is 0 Å². The van der Waals surface area contributed by atoms with E-state index in [1.165, 1.54) is 38.8 Å². The van der Waals surface area contributed by atoms with Gasteiger partial charge in [-0.15, -0.1) is 24.8 Å². The zero-order valence-electron chi connectivity index (χ0n) is 8.16. The first kappa shape index (κ1) is 13.5. The summed E-state index contributed by atoms with van der Waals surface area (Å²) in [5, 5.41) is 3.37. The van der Waals surface area contributed by atoms with Gasteiger partial charge < -0.3 is 5.32 Å². The van der Waals surface area contributed by atoms with Gasteiger partial charge in [0, 0.05) is 18.6 Å². The highest BCUT2D eigenvalue weighted by Crippen LogP contribution is 2.29. The molecule has 2 rings (SSSR count). The molecule has 1 N–H and O–H groups in total. The van der Waals surface area contributed by atoms with Crippen molar-refractivity contribution in [3.05, 3.63) is 0 Å². The number of likely N-dealkylation sites (tertiary alicyclic amines) is 1. The van der Waals surface area contributed by atoms with E-state index in [-0.39, 0.29) is 24.8 Å². The summed E-state index contributed by atoms with van der Waals surface area (Å²) < 4.78 is 0. The maximum atomic E-state index is 3.37. The molecule has 0 aromatic carbocycles. The maximum Gasteiger partial charge on any atom is 0.0192 e. The molecule has 0 spiro atoms. The molecule has 1 unspecified atom stereocenters. The number of nitrogens with one attached hydrogen (secondary N) is 1. The summed E-state index contributed by atoms with van der Waals surface area (Å²) in [7, 11) is 2.08. The number of hydrogen-bond donors (Lipinski definition) is 1. The average molecular weight is 227 g/mol. The molecule has 1 aliphatic carbocycles. The number of nitrogens with zero attached hydrogens (tertiary/aromatic N) is 1. The summed E-state index contributed by atoms with van der Waals surface area (Å²) >= 11 is 0. The van der Waals surface area contributed by atoms with Crippen molar-refractivity contribution in [3.63, 3.8) is 0 Å². The molecule has 0 radical (unpaired) electrons. The molecule has 2 aliphatic rings. The third-order valence-corrected chi connectivity index (χ3v) is 2.92. The van der Waals surface area contributed by atoms with Gasteiger partial charge in [0.25, 0.3) is 0 Å². The van der Waals surface area contributed by atoms with Crippen LogP contribution in [0.1, 0.15) is 25.7 Å². The van der Waals surface area contributed by atoms with Crippen molar-refractivity contribution in [1.29, 1.82) is 0 Å². The lowest BCUT2D eigenvalue weighted by Crippen LogP contribution is -2.45. The maximum absolute atomic E-state index is 3.37. The van der Waals surface area contributed by atoms with E-state index in [2.05, 4.69) is 17.3 Å². The molecule has 2 nitrogen and oxygen atoms in total. The van der Waals surface area contributed by atoms with Crippen LogP contribution in [-0.4, -0.2) is 37.1 Å². The zero-order chi connectivity index (χ0) is 7.68. The first-order chi connectivity index (χ1) is 5.40. The molecule has 1 aliphatic heterocycles. The van der Waals surface area contributed by atoms with E-state index in [9.17, 15) is 0 Å². The van der Waals surface area contributed by atoms with Gasteiger partial charge in [-0.05, 0) is 39.3 Å². The fourth-order valence-corrected chi connectivity index (χ4v) is 2.01. The van der Waals surface area contributed by atoms with E-state index in [1.807, 2.05) is 0 Å². The van der Waals surface area contributed by atoms with Gasteiger partial charge in [-0.1, -0.05) is 0 Å². The minimum atomic E-state index is 0. The topological polar surface area (TPSA) is 15.3 Å². The molecule has 1 saturated carbocycles. The Hall–Kier alpha value is 0.500. The van der Waals surface area contributed by atoms with Crippen molar-refractivity contribution in [1.82, 2.24) is 10.2 Å². The molecule has 1 atom stereocenters. The molecule has 80 valence electrons. The summed E-state index contributed by atoms with van der Waals surface area (Å²) in [6.07, 6.45) is 5.68. The second-order valence-corrected chi connectivity index (χ2v) is 3.85. The van der Waals surface area contributed by atoms with Crippen LogP contribution in [-0.2, 0) is 0 Å². The Morgan fingerprint density at radius 1 is 1.15 bits per heavy atom. The summed E-state index contributed by atoms with van der Waals surface area (Å²) in [6, 6.07) is 1.73.